The second kappa shape index (κ2) is 5.46. The summed E-state index contributed by atoms with van der Waals surface area (Å²) in [5, 5.41) is 7.59. The Morgan fingerprint density at radius 3 is 2.82 bits per heavy atom. The van der Waals surface area contributed by atoms with Crippen LogP contribution in [0.15, 0.2) is 41.6 Å². The summed E-state index contributed by atoms with van der Waals surface area (Å²) >= 11 is 0. The Labute approximate surface area is 127 Å². The maximum atomic E-state index is 11.6. The molecule has 6 heteroatoms. The van der Waals surface area contributed by atoms with E-state index in [1.807, 2.05) is 0 Å². The third kappa shape index (κ3) is 2.35. The van der Waals surface area contributed by atoms with Crippen LogP contribution in [-0.4, -0.2) is 37.7 Å². The summed E-state index contributed by atoms with van der Waals surface area (Å²) in [6, 6.07) is 8.68. The number of nitrogens with zero attached hydrogens (tertiary/aromatic N) is 3. The number of para-hydroxylation sites is 1. The first-order chi connectivity index (χ1) is 10.8. The smallest absolute Gasteiger partial charge is 0.343 e. The number of hydrogen-bond acceptors (Lipinski definition) is 3. The molecule has 0 spiro atoms. The molecule has 2 N–H and O–H groups in total. The molecule has 114 valence electrons. The number of fused-ring (bicyclic) bond motifs is 1. The summed E-state index contributed by atoms with van der Waals surface area (Å²) in [6.07, 6.45) is 5.70. The predicted octanol–water partition coefficient (Wildman–Crippen LogP) is 1.89. The van der Waals surface area contributed by atoms with Crippen molar-refractivity contribution in [2.75, 3.05) is 13.1 Å². The largest absolute Gasteiger partial charge is 0.361 e. The first-order valence-electron chi connectivity index (χ1n) is 7.70. The second-order valence-electron chi connectivity index (χ2n) is 5.94. The second-order valence-corrected chi connectivity index (χ2v) is 5.94. The van der Waals surface area contributed by atoms with Crippen molar-refractivity contribution in [2.24, 2.45) is 0 Å². The molecule has 3 aromatic rings. The Kier molecular flexibility index (Phi) is 3.31. The van der Waals surface area contributed by atoms with Gasteiger partial charge in [-0.15, -0.1) is 0 Å². The molecular weight excluding hydrogens is 278 g/mol. The van der Waals surface area contributed by atoms with E-state index in [1.54, 1.807) is 10.9 Å². The van der Waals surface area contributed by atoms with E-state index in [4.69, 9.17) is 0 Å². The minimum absolute atomic E-state index is 0.102. The van der Waals surface area contributed by atoms with Gasteiger partial charge < -0.3 is 4.98 Å². The van der Waals surface area contributed by atoms with Crippen molar-refractivity contribution in [1.82, 2.24) is 24.6 Å². The van der Waals surface area contributed by atoms with Gasteiger partial charge in [0, 0.05) is 42.8 Å². The highest BCUT2D eigenvalue weighted by atomic mass is 16.1. The molecule has 3 heterocycles. The molecule has 1 aromatic carbocycles. The van der Waals surface area contributed by atoms with Gasteiger partial charge in [0.1, 0.15) is 6.33 Å². The molecule has 0 aliphatic carbocycles. The molecule has 1 saturated heterocycles. The van der Waals surface area contributed by atoms with E-state index in [1.165, 1.54) is 16.5 Å². The van der Waals surface area contributed by atoms with Gasteiger partial charge in [-0.3, -0.25) is 9.47 Å². The van der Waals surface area contributed by atoms with Gasteiger partial charge in [0.25, 0.3) is 0 Å². The molecule has 0 radical (unpaired) electrons. The van der Waals surface area contributed by atoms with Crippen molar-refractivity contribution >= 4 is 10.9 Å². The van der Waals surface area contributed by atoms with E-state index >= 15 is 0 Å². The summed E-state index contributed by atoms with van der Waals surface area (Å²) in [5.74, 6) is 0. The SMILES string of the molecule is O=c1[nH]ncn1C1CCN(Cc2c[nH]c3ccccc23)CC1. The van der Waals surface area contributed by atoms with Gasteiger partial charge in [-0.05, 0) is 24.5 Å². The van der Waals surface area contributed by atoms with E-state index < -0.39 is 0 Å². The fourth-order valence-electron chi connectivity index (χ4n) is 3.38. The predicted molar refractivity (Wildman–Crippen MR) is 84.7 cm³/mol. The van der Waals surface area contributed by atoms with Crippen molar-refractivity contribution < 1.29 is 0 Å². The minimum atomic E-state index is -0.102. The molecule has 0 amide bonds. The van der Waals surface area contributed by atoms with Crippen LogP contribution in [0.25, 0.3) is 10.9 Å². The van der Waals surface area contributed by atoms with Crippen LogP contribution in [0.4, 0.5) is 0 Å². The number of hydrogen-bond donors (Lipinski definition) is 2. The topological polar surface area (TPSA) is 69.7 Å². The number of aromatic nitrogens is 4. The van der Waals surface area contributed by atoms with Crippen LogP contribution < -0.4 is 5.69 Å². The standard InChI is InChI=1S/C16H19N5O/c22-16-19-18-11-21(16)13-5-7-20(8-6-13)10-12-9-17-15-4-2-1-3-14(12)15/h1-4,9,11,13,17H,5-8,10H2,(H,19,22). The summed E-state index contributed by atoms with van der Waals surface area (Å²) in [4.78, 5) is 17.4. The highest BCUT2D eigenvalue weighted by Crippen LogP contribution is 2.24. The van der Waals surface area contributed by atoms with E-state index in [0.717, 1.165) is 32.5 Å². The Bertz CT molecular complexity index is 822. The van der Waals surface area contributed by atoms with Crippen LogP contribution in [-0.2, 0) is 6.54 Å². The van der Waals surface area contributed by atoms with Crippen LogP contribution >= 0.6 is 0 Å². The molecule has 22 heavy (non-hydrogen) atoms. The van der Waals surface area contributed by atoms with Crippen LogP contribution in [0.2, 0.25) is 0 Å². The van der Waals surface area contributed by atoms with E-state index in [-0.39, 0.29) is 11.7 Å². The number of benzene rings is 1. The first kappa shape index (κ1) is 13.3. The van der Waals surface area contributed by atoms with Crippen LogP contribution in [0.5, 0.6) is 0 Å². The van der Waals surface area contributed by atoms with Gasteiger partial charge in [0.2, 0.25) is 0 Å². The van der Waals surface area contributed by atoms with Crippen LogP contribution in [0.3, 0.4) is 0 Å². The van der Waals surface area contributed by atoms with E-state index in [0.29, 0.717) is 0 Å². The molecule has 0 saturated carbocycles. The monoisotopic (exact) mass is 297 g/mol. The molecule has 4 rings (SSSR count). The molecule has 2 aromatic heterocycles. The highest BCUT2D eigenvalue weighted by Gasteiger charge is 2.22. The third-order valence-corrected chi connectivity index (χ3v) is 4.60. The number of H-pyrrole nitrogens is 2. The summed E-state index contributed by atoms with van der Waals surface area (Å²) in [7, 11) is 0. The van der Waals surface area contributed by atoms with Crippen molar-refractivity contribution in [3.8, 4) is 0 Å². The van der Waals surface area contributed by atoms with Crippen molar-refractivity contribution in [3.63, 3.8) is 0 Å². The molecule has 0 unspecified atom stereocenters. The zero-order chi connectivity index (χ0) is 14.9. The molecule has 1 fully saturated rings. The zero-order valence-corrected chi connectivity index (χ0v) is 12.3. The van der Waals surface area contributed by atoms with Crippen LogP contribution in [0, 0.1) is 0 Å². The molecule has 1 aliphatic heterocycles. The van der Waals surface area contributed by atoms with Gasteiger partial charge in [-0.25, -0.2) is 9.89 Å². The molecule has 0 bridgehead atoms. The van der Waals surface area contributed by atoms with Crippen molar-refractivity contribution in [1.29, 1.82) is 0 Å². The van der Waals surface area contributed by atoms with E-state index in [9.17, 15) is 4.79 Å². The third-order valence-electron chi connectivity index (χ3n) is 4.60. The number of nitrogens with one attached hydrogen (secondary N) is 2. The lowest BCUT2D eigenvalue weighted by Crippen LogP contribution is -2.36. The quantitative estimate of drug-likeness (QED) is 0.775. The number of likely N-dealkylation sites (tertiary alicyclic amines) is 1. The summed E-state index contributed by atoms with van der Waals surface area (Å²) in [5.41, 5.74) is 2.43. The fourth-order valence-corrected chi connectivity index (χ4v) is 3.38. The number of piperidine rings is 1. The summed E-state index contributed by atoms with van der Waals surface area (Å²) in [6.45, 7) is 2.96. The highest BCUT2D eigenvalue weighted by molar-refractivity contribution is 5.82. The zero-order valence-electron chi connectivity index (χ0n) is 12.3. The minimum Gasteiger partial charge on any atom is -0.361 e. The Balaban J connectivity index is 1.44. The number of aromatic amines is 2. The van der Waals surface area contributed by atoms with Crippen molar-refractivity contribution in [2.45, 2.75) is 25.4 Å². The Morgan fingerprint density at radius 1 is 1.23 bits per heavy atom. The lowest BCUT2D eigenvalue weighted by Gasteiger charge is -2.31. The maximum Gasteiger partial charge on any atom is 0.343 e. The average molecular weight is 297 g/mol. The first-order valence-corrected chi connectivity index (χ1v) is 7.70. The maximum absolute atomic E-state index is 11.6. The van der Waals surface area contributed by atoms with Crippen molar-refractivity contribution in [3.05, 3.63) is 52.8 Å². The van der Waals surface area contributed by atoms with Gasteiger partial charge in [-0.1, -0.05) is 18.2 Å². The fraction of sp³-hybridized carbons (Fsp3) is 0.375. The van der Waals surface area contributed by atoms with Gasteiger partial charge in [-0.2, -0.15) is 5.10 Å². The number of rotatable bonds is 3. The normalized spacial score (nSPS) is 17.3. The van der Waals surface area contributed by atoms with Gasteiger partial charge in [0.05, 0.1) is 0 Å². The van der Waals surface area contributed by atoms with Crippen LogP contribution in [0.1, 0.15) is 24.4 Å². The molecule has 0 atom stereocenters. The Morgan fingerprint density at radius 2 is 2.05 bits per heavy atom. The summed E-state index contributed by atoms with van der Waals surface area (Å²) < 4.78 is 1.73. The van der Waals surface area contributed by atoms with Gasteiger partial charge >= 0.3 is 5.69 Å². The average Bonchev–Trinajstić information content (AvgIpc) is 3.15. The lowest BCUT2D eigenvalue weighted by atomic mass is 10.0. The van der Waals surface area contributed by atoms with Gasteiger partial charge in [0.15, 0.2) is 0 Å². The Hall–Kier alpha value is -2.34. The molecular formula is C16H19N5O. The lowest BCUT2D eigenvalue weighted by molar-refractivity contribution is 0.178. The van der Waals surface area contributed by atoms with E-state index in [2.05, 4.69) is 50.5 Å². The molecule has 6 nitrogen and oxygen atoms in total. The molecule has 1 aliphatic rings.